The van der Waals surface area contributed by atoms with Gasteiger partial charge in [-0.3, -0.25) is 14.3 Å². The number of benzene rings is 1. The molecule has 0 saturated heterocycles. The fraction of sp³-hybridized carbons (Fsp3) is 0.455. The van der Waals surface area contributed by atoms with Crippen LogP contribution in [0.2, 0.25) is 0 Å². The lowest BCUT2D eigenvalue weighted by molar-refractivity contribution is -0.152. The standard InChI is InChI=1S/C22H28N4O6/c1-5-7-12-26-19-18(20(27)24-22(26)29)25(6-2)17(23-19)13-31-21(28)14(3)32-16-10-8-15(30-4)9-11-16/h8-11,14H,5-7,12-13H2,1-4H3,(H,24,27,29). The van der Waals surface area contributed by atoms with Gasteiger partial charge >= 0.3 is 11.7 Å². The van der Waals surface area contributed by atoms with Gasteiger partial charge in [0.15, 0.2) is 17.3 Å². The van der Waals surface area contributed by atoms with Crippen LogP contribution < -0.4 is 20.7 Å². The van der Waals surface area contributed by atoms with Crippen molar-refractivity contribution in [2.45, 2.75) is 59.4 Å². The Morgan fingerprint density at radius 2 is 1.81 bits per heavy atom. The molecule has 1 unspecified atom stereocenters. The van der Waals surface area contributed by atoms with E-state index in [1.165, 1.54) is 4.57 Å². The first-order chi connectivity index (χ1) is 15.4. The van der Waals surface area contributed by atoms with Crippen molar-refractivity contribution in [3.05, 3.63) is 50.9 Å². The van der Waals surface area contributed by atoms with E-state index in [0.717, 1.165) is 12.8 Å². The predicted octanol–water partition coefficient (Wildman–Crippen LogP) is 2.23. The number of nitrogens with zero attached hydrogens (tertiary/aromatic N) is 3. The second kappa shape index (κ2) is 10.2. The number of ether oxygens (including phenoxy) is 3. The van der Waals surface area contributed by atoms with Crippen molar-refractivity contribution < 1.29 is 19.0 Å². The molecule has 10 nitrogen and oxygen atoms in total. The van der Waals surface area contributed by atoms with Crippen LogP contribution in [0.5, 0.6) is 11.5 Å². The molecule has 0 saturated carbocycles. The minimum Gasteiger partial charge on any atom is -0.497 e. The fourth-order valence-corrected chi connectivity index (χ4v) is 3.35. The molecule has 0 fully saturated rings. The van der Waals surface area contributed by atoms with Crippen molar-refractivity contribution >= 4 is 17.1 Å². The van der Waals surface area contributed by atoms with Gasteiger partial charge in [-0.1, -0.05) is 13.3 Å². The summed E-state index contributed by atoms with van der Waals surface area (Å²) in [6, 6.07) is 6.85. The van der Waals surface area contributed by atoms with Gasteiger partial charge in [0.25, 0.3) is 5.56 Å². The topological polar surface area (TPSA) is 117 Å². The summed E-state index contributed by atoms with van der Waals surface area (Å²) in [6.07, 6.45) is 0.803. The van der Waals surface area contributed by atoms with Crippen LogP contribution in [-0.4, -0.2) is 38.3 Å². The molecule has 0 radical (unpaired) electrons. The number of esters is 1. The number of aromatic amines is 1. The molecule has 0 bridgehead atoms. The average molecular weight is 444 g/mol. The van der Waals surface area contributed by atoms with E-state index in [1.807, 2.05) is 13.8 Å². The number of unbranched alkanes of at least 4 members (excludes halogenated alkanes) is 1. The van der Waals surface area contributed by atoms with E-state index < -0.39 is 23.3 Å². The summed E-state index contributed by atoms with van der Waals surface area (Å²) in [7, 11) is 1.57. The maximum Gasteiger partial charge on any atom is 0.347 e. The summed E-state index contributed by atoms with van der Waals surface area (Å²) in [5.41, 5.74) is -0.429. The van der Waals surface area contributed by atoms with E-state index in [9.17, 15) is 14.4 Å². The predicted molar refractivity (Wildman–Crippen MR) is 118 cm³/mol. The molecule has 0 spiro atoms. The molecule has 0 aliphatic carbocycles. The van der Waals surface area contributed by atoms with Crippen LogP contribution in [0.4, 0.5) is 0 Å². The SMILES string of the molecule is CCCCn1c(=O)[nH]c(=O)c2c1nc(COC(=O)C(C)Oc1ccc(OC)cc1)n2CC. The van der Waals surface area contributed by atoms with Crippen LogP contribution in [-0.2, 0) is 29.2 Å². The van der Waals surface area contributed by atoms with E-state index in [1.54, 1.807) is 42.9 Å². The summed E-state index contributed by atoms with van der Waals surface area (Å²) < 4.78 is 19.2. The molecule has 0 aliphatic heterocycles. The minimum absolute atomic E-state index is 0.154. The zero-order valence-corrected chi connectivity index (χ0v) is 18.7. The second-order valence-electron chi connectivity index (χ2n) is 7.25. The van der Waals surface area contributed by atoms with Crippen molar-refractivity contribution in [2.24, 2.45) is 0 Å². The number of aromatic nitrogens is 4. The molecule has 0 aliphatic rings. The van der Waals surface area contributed by atoms with E-state index >= 15 is 0 Å². The van der Waals surface area contributed by atoms with Crippen LogP contribution in [0.3, 0.4) is 0 Å². The van der Waals surface area contributed by atoms with Crippen LogP contribution in [0.15, 0.2) is 33.9 Å². The van der Waals surface area contributed by atoms with Crippen LogP contribution in [0.25, 0.3) is 11.2 Å². The zero-order valence-electron chi connectivity index (χ0n) is 18.7. The van der Waals surface area contributed by atoms with Gasteiger partial charge in [-0.05, 0) is 44.5 Å². The number of rotatable bonds is 10. The van der Waals surface area contributed by atoms with E-state index in [0.29, 0.717) is 36.1 Å². The Balaban J connectivity index is 1.78. The van der Waals surface area contributed by atoms with Gasteiger partial charge in [0.1, 0.15) is 23.9 Å². The highest BCUT2D eigenvalue weighted by Crippen LogP contribution is 2.19. The first-order valence-electron chi connectivity index (χ1n) is 10.6. The van der Waals surface area contributed by atoms with Crippen molar-refractivity contribution in [2.75, 3.05) is 7.11 Å². The monoisotopic (exact) mass is 444 g/mol. The molecule has 172 valence electrons. The number of aryl methyl sites for hydroxylation is 2. The molecule has 10 heteroatoms. The lowest BCUT2D eigenvalue weighted by Gasteiger charge is -2.14. The number of carbonyl (C=O) groups excluding carboxylic acids is 1. The number of fused-ring (bicyclic) bond motifs is 1. The molecule has 1 atom stereocenters. The molecule has 1 N–H and O–H groups in total. The van der Waals surface area contributed by atoms with E-state index in [4.69, 9.17) is 14.2 Å². The third-order valence-corrected chi connectivity index (χ3v) is 5.06. The normalized spacial score (nSPS) is 12.0. The average Bonchev–Trinajstić information content (AvgIpc) is 3.16. The van der Waals surface area contributed by atoms with Gasteiger partial charge in [0.05, 0.1) is 7.11 Å². The fourth-order valence-electron chi connectivity index (χ4n) is 3.35. The van der Waals surface area contributed by atoms with Gasteiger partial charge < -0.3 is 18.8 Å². The lowest BCUT2D eigenvalue weighted by atomic mass is 10.3. The minimum atomic E-state index is -0.853. The van der Waals surface area contributed by atoms with Gasteiger partial charge in [0.2, 0.25) is 0 Å². The van der Waals surface area contributed by atoms with E-state index in [-0.39, 0.29) is 12.1 Å². The number of nitrogens with one attached hydrogen (secondary N) is 1. The maximum atomic E-state index is 12.5. The second-order valence-corrected chi connectivity index (χ2v) is 7.25. The Morgan fingerprint density at radius 3 is 2.44 bits per heavy atom. The summed E-state index contributed by atoms with van der Waals surface area (Å²) in [5.74, 6) is 0.989. The Bertz CT molecular complexity index is 1190. The smallest absolute Gasteiger partial charge is 0.347 e. The highest BCUT2D eigenvalue weighted by molar-refractivity contribution is 5.75. The Kier molecular flexibility index (Phi) is 7.34. The molecule has 2 heterocycles. The first-order valence-corrected chi connectivity index (χ1v) is 10.6. The molecular formula is C22H28N4O6. The third-order valence-electron chi connectivity index (χ3n) is 5.06. The van der Waals surface area contributed by atoms with Crippen molar-refractivity contribution in [3.8, 4) is 11.5 Å². The van der Waals surface area contributed by atoms with Crippen LogP contribution in [0, 0.1) is 0 Å². The molecule has 32 heavy (non-hydrogen) atoms. The largest absolute Gasteiger partial charge is 0.497 e. The van der Waals surface area contributed by atoms with Crippen molar-refractivity contribution in [1.29, 1.82) is 0 Å². The van der Waals surface area contributed by atoms with Gasteiger partial charge in [0, 0.05) is 13.1 Å². The summed E-state index contributed by atoms with van der Waals surface area (Å²) in [4.78, 5) is 44.0. The summed E-state index contributed by atoms with van der Waals surface area (Å²) >= 11 is 0. The quantitative estimate of drug-likeness (QED) is 0.477. The summed E-state index contributed by atoms with van der Waals surface area (Å²) in [5, 5.41) is 0. The number of methoxy groups -OCH3 is 1. The Labute approximate surface area is 184 Å². The Hall–Kier alpha value is -3.56. The number of carbonyl (C=O) groups is 1. The highest BCUT2D eigenvalue weighted by Gasteiger charge is 2.21. The molecule has 2 aromatic heterocycles. The highest BCUT2D eigenvalue weighted by atomic mass is 16.6. The number of H-pyrrole nitrogens is 1. The molecule has 3 aromatic rings. The summed E-state index contributed by atoms with van der Waals surface area (Å²) in [6.45, 7) is 6.16. The van der Waals surface area contributed by atoms with Gasteiger partial charge in [-0.15, -0.1) is 0 Å². The van der Waals surface area contributed by atoms with Gasteiger partial charge in [-0.25, -0.2) is 14.6 Å². The lowest BCUT2D eigenvalue weighted by Crippen LogP contribution is -2.31. The molecule has 1 aromatic carbocycles. The third kappa shape index (κ3) is 4.84. The first kappa shape index (κ1) is 23.1. The number of imidazole rings is 1. The van der Waals surface area contributed by atoms with Gasteiger partial charge in [-0.2, -0.15) is 0 Å². The molecule has 3 rings (SSSR count). The van der Waals surface area contributed by atoms with Crippen molar-refractivity contribution in [1.82, 2.24) is 19.1 Å². The van der Waals surface area contributed by atoms with Crippen molar-refractivity contribution in [3.63, 3.8) is 0 Å². The maximum absolute atomic E-state index is 12.5. The molecular weight excluding hydrogens is 416 g/mol. The zero-order chi connectivity index (χ0) is 23.3. The number of hydrogen-bond acceptors (Lipinski definition) is 7. The molecule has 0 amide bonds. The Morgan fingerprint density at radius 1 is 1.12 bits per heavy atom. The van der Waals surface area contributed by atoms with E-state index in [2.05, 4.69) is 9.97 Å². The number of hydrogen-bond donors (Lipinski definition) is 1. The van der Waals surface area contributed by atoms with Crippen LogP contribution in [0.1, 0.15) is 39.4 Å². The van der Waals surface area contributed by atoms with Crippen LogP contribution >= 0.6 is 0 Å².